The third-order valence-corrected chi connectivity index (χ3v) is 8.88. The Morgan fingerprint density at radius 1 is 0.833 bits per heavy atom. The van der Waals surface area contributed by atoms with Crippen molar-refractivity contribution in [1.82, 2.24) is 14.1 Å². The summed E-state index contributed by atoms with van der Waals surface area (Å²) in [7, 11) is -1.97. The fourth-order valence-electron chi connectivity index (χ4n) is 4.86. The highest BCUT2D eigenvalue weighted by Crippen LogP contribution is 2.33. The van der Waals surface area contributed by atoms with E-state index in [4.69, 9.17) is 0 Å². The van der Waals surface area contributed by atoms with Crippen LogP contribution in [0.25, 0.3) is 0 Å². The average molecular weight is 614 g/mol. The van der Waals surface area contributed by atoms with Crippen molar-refractivity contribution < 1.29 is 39.6 Å². The van der Waals surface area contributed by atoms with Gasteiger partial charge in [0, 0.05) is 51.9 Å². The van der Waals surface area contributed by atoms with Gasteiger partial charge in [0.15, 0.2) is 0 Å². The minimum atomic E-state index is -4.92. The van der Waals surface area contributed by atoms with Crippen LogP contribution in [-0.4, -0.2) is 68.2 Å². The molecule has 0 saturated carbocycles. The van der Waals surface area contributed by atoms with Gasteiger partial charge in [-0.25, -0.2) is 12.7 Å². The van der Waals surface area contributed by atoms with Crippen LogP contribution in [0.3, 0.4) is 0 Å². The van der Waals surface area contributed by atoms with E-state index in [-0.39, 0.29) is 13.0 Å². The summed E-state index contributed by atoms with van der Waals surface area (Å²) in [6.07, 6.45) is -9.30. The first-order chi connectivity index (χ1) is 19.6. The van der Waals surface area contributed by atoms with Crippen molar-refractivity contribution in [2.45, 2.75) is 36.3 Å². The Bertz CT molecular complexity index is 1510. The van der Waals surface area contributed by atoms with Crippen molar-refractivity contribution in [3.05, 3.63) is 101 Å². The average Bonchev–Trinajstić information content (AvgIpc) is 2.92. The van der Waals surface area contributed by atoms with E-state index < -0.39 is 55.9 Å². The molecule has 4 rings (SSSR count). The van der Waals surface area contributed by atoms with Gasteiger partial charge in [-0.3, -0.25) is 9.69 Å². The van der Waals surface area contributed by atoms with Gasteiger partial charge in [-0.2, -0.15) is 26.3 Å². The summed E-state index contributed by atoms with van der Waals surface area (Å²) in [5.74, 6) is -0.799. The summed E-state index contributed by atoms with van der Waals surface area (Å²) in [6.45, 7) is 1.32. The summed E-state index contributed by atoms with van der Waals surface area (Å²) < 4.78 is 107. The molecule has 1 fully saturated rings. The maximum atomic E-state index is 13.8. The van der Waals surface area contributed by atoms with Crippen LogP contribution in [0.2, 0.25) is 0 Å². The van der Waals surface area contributed by atoms with Crippen molar-refractivity contribution in [1.29, 1.82) is 0 Å². The fraction of sp³-hybridized carbons (Fsp3) is 0.345. The highest BCUT2D eigenvalue weighted by atomic mass is 32.2. The Kier molecular flexibility index (Phi) is 9.05. The van der Waals surface area contributed by atoms with Gasteiger partial charge in [0.05, 0.1) is 16.0 Å². The van der Waals surface area contributed by atoms with Crippen LogP contribution in [0.1, 0.15) is 32.6 Å². The number of piperazine rings is 1. The maximum Gasteiger partial charge on any atom is 0.416 e. The number of rotatable bonds is 7. The zero-order valence-corrected chi connectivity index (χ0v) is 23.6. The van der Waals surface area contributed by atoms with Gasteiger partial charge >= 0.3 is 12.4 Å². The second-order valence-corrected chi connectivity index (χ2v) is 12.5. The van der Waals surface area contributed by atoms with Gasteiger partial charge in [-0.15, -0.1) is 0 Å². The number of carbonyl (C=O) groups excluding carboxylic acids is 1. The SMILES string of the molecule is CN(C)S(=O)(=O)c1cc(C(=O)N2CCN(Cc3ccccc3)C[C@H]2Cc2ccc(C(F)(F)F)cc2)cc(C(F)(F)F)c1. The molecular formula is C29H29F6N3O3S. The summed E-state index contributed by atoms with van der Waals surface area (Å²) in [6, 6.07) is 15.4. The molecule has 1 saturated heterocycles. The molecule has 42 heavy (non-hydrogen) atoms. The lowest BCUT2D eigenvalue weighted by atomic mass is 9.99. The molecule has 0 unspecified atom stereocenters. The maximum absolute atomic E-state index is 13.8. The predicted molar refractivity (Wildman–Crippen MR) is 144 cm³/mol. The lowest BCUT2D eigenvalue weighted by molar-refractivity contribution is -0.138. The van der Waals surface area contributed by atoms with Crippen molar-refractivity contribution in [3.8, 4) is 0 Å². The molecule has 3 aromatic carbocycles. The first-order valence-electron chi connectivity index (χ1n) is 12.9. The first-order valence-corrected chi connectivity index (χ1v) is 14.4. The molecule has 1 aliphatic rings. The van der Waals surface area contributed by atoms with Crippen LogP contribution in [0.5, 0.6) is 0 Å². The Morgan fingerprint density at radius 3 is 2.02 bits per heavy atom. The van der Waals surface area contributed by atoms with Crippen LogP contribution in [-0.2, 0) is 35.3 Å². The highest BCUT2D eigenvalue weighted by Gasteiger charge is 2.37. The number of hydrogen-bond acceptors (Lipinski definition) is 4. The molecular weight excluding hydrogens is 584 g/mol. The minimum absolute atomic E-state index is 0.114. The highest BCUT2D eigenvalue weighted by molar-refractivity contribution is 7.89. The Morgan fingerprint density at radius 2 is 1.45 bits per heavy atom. The monoisotopic (exact) mass is 613 g/mol. The standard InChI is InChI=1S/C29H29F6N3O3S/c1-36(2)42(40,41)26-16-22(15-24(17-26)29(33,34)35)27(39)38-13-12-37(18-21-6-4-3-5-7-21)19-25(38)14-20-8-10-23(11-9-20)28(30,31)32/h3-11,15-17,25H,12-14,18-19H2,1-2H3/t25-/m1/s1. The van der Waals surface area contributed by atoms with Crippen molar-refractivity contribution >= 4 is 15.9 Å². The van der Waals surface area contributed by atoms with E-state index in [0.717, 1.165) is 28.1 Å². The minimum Gasteiger partial charge on any atom is -0.333 e. The predicted octanol–water partition coefficient (Wildman–Crippen LogP) is 5.54. The summed E-state index contributed by atoms with van der Waals surface area (Å²) in [5.41, 5.74) is -1.05. The number of sulfonamides is 1. The Labute approximate surface area is 240 Å². The van der Waals surface area contributed by atoms with E-state index in [1.807, 2.05) is 30.3 Å². The lowest BCUT2D eigenvalue weighted by Gasteiger charge is -2.42. The summed E-state index contributed by atoms with van der Waals surface area (Å²) in [4.78, 5) is 16.5. The third-order valence-electron chi connectivity index (χ3n) is 7.09. The zero-order chi connectivity index (χ0) is 30.9. The molecule has 226 valence electrons. The van der Waals surface area contributed by atoms with Crippen LogP contribution in [0, 0.1) is 0 Å². The number of nitrogens with zero attached hydrogens (tertiary/aromatic N) is 3. The number of alkyl halides is 6. The van der Waals surface area contributed by atoms with Crippen LogP contribution in [0.15, 0.2) is 77.7 Å². The van der Waals surface area contributed by atoms with Crippen molar-refractivity contribution in [2.75, 3.05) is 33.7 Å². The Balaban J connectivity index is 1.69. The molecule has 0 N–H and O–H groups in total. The molecule has 13 heteroatoms. The van der Waals surface area contributed by atoms with Gasteiger partial charge < -0.3 is 4.90 Å². The zero-order valence-electron chi connectivity index (χ0n) is 22.8. The smallest absolute Gasteiger partial charge is 0.333 e. The number of carbonyl (C=O) groups is 1. The molecule has 1 aliphatic heterocycles. The van der Waals surface area contributed by atoms with Crippen LogP contribution < -0.4 is 0 Å². The Hall–Kier alpha value is -3.42. The third kappa shape index (κ3) is 7.31. The molecule has 6 nitrogen and oxygen atoms in total. The fourth-order valence-corrected chi connectivity index (χ4v) is 5.83. The summed E-state index contributed by atoms with van der Waals surface area (Å²) >= 11 is 0. The molecule has 0 bridgehead atoms. The normalized spacial score (nSPS) is 17.1. The van der Waals surface area contributed by atoms with Crippen molar-refractivity contribution in [2.24, 2.45) is 0 Å². The molecule has 3 aromatic rings. The van der Waals surface area contributed by atoms with Gasteiger partial charge in [-0.05, 0) is 47.9 Å². The second kappa shape index (κ2) is 12.1. The number of amides is 1. The molecule has 1 amide bonds. The number of halogens is 6. The number of hydrogen-bond donors (Lipinski definition) is 0. The lowest BCUT2D eigenvalue weighted by Crippen LogP contribution is -2.55. The molecule has 1 atom stereocenters. The van der Waals surface area contributed by atoms with Gasteiger partial charge in [0.2, 0.25) is 10.0 Å². The van der Waals surface area contributed by atoms with E-state index in [9.17, 15) is 39.6 Å². The van der Waals surface area contributed by atoms with E-state index >= 15 is 0 Å². The largest absolute Gasteiger partial charge is 0.416 e. The van der Waals surface area contributed by atoms with Crippen molar-refractivity contribution in [3.63, 3.8) is 0 Å². The summed E-state index contributed by atoms with van der Waals surface area (Å²) in [5, 5.41) is 0. The van der Waals surface area contributed by atoms with E-state index in [1.54, 1.807) is 0 Å². The molecule has 0 aliphatic carbocycles. The quantitative estimate of drug-likeness (QED) is 0.329. The van der Waals surface area contributed by atoms with E-state index in [0.29, 0.717) is 37.3 Å². The molecule has 1 heterocycles. The number of benzene rings is 3. The topological polar surface area (TPSA) is 60.9 Å². The van der Waals surface area contributed by atoms with Crippen LogP contribution in [0.4, 0.5) is 26.3 Å². The van der Waals surface area contributed by atoms with Gasteiger partial charge in [0.25, 0.3) is 5.91 Å². The van der Waals surface area contributed by atoms with Crippen LogP contribution >= 0.6 is 0 Å². The van der Waals surface area contributed by atoms with Gasteiger partial charge in [-0.1, -0.05) is 42.5 Å². The second-order valence-electron chi connectivity index (χ2n) is 10.3. The van der Waals surface area contributed by atoms with E-state index in [2.05, 4.69) is 4.90 Å². The van der Waals surface area contributed by atoms with E-state index in [1.165, 1.54) is 31.1 Å². The molecule has 0 aromatic heterocycles. The van der Waals surface area contributed by atoms with Gasteiger partial charge in [0.1, 0.15) is 0 Å². The first kappa shape index (κ1) is 31.5. The molecule has 0 radical (unpaired) electrons. The molecule has 0 spiro atoms.